The molecule has 1 aromatic carbocycles. The third-order valence-electron chi connectivity index (χ3n) is 3.51. The molecule has 0 bridgehead atoms. The maximum absolute atomic E-state index is 11.3. The summed E-state index contributed by atoms with van der Waals surface area (Å²) in [5.41, 5.74) is 0.796. The fourth-order valence-electron chi connectivity index (χ4n) is 2.41. The van der Waals surface area contributed by atoms with Crippen molar-refractivity contribution in [2.75, 3.05) is 19.0 Å². The van der Waals surface area contributed by atoms with E-state index in [0.29, 0.717) is 11.1 Å². The van der Waals surface area contributed by atoms with Crippen LogP contribution in [0.5, 0.6) is 0 Å². The second kappa shape index (κ2) is 6.62. The summed E-state index contributed by atoms with van der Waals surface area (Å²) in [6.45, 7) is 2.61. The van der Waals surface area contributed by atoms with Crippen LogP contribution >= 0.6 is 15.9 Å². The number of methoxy groups -OCH3 is 1. The van der Waals surface area contributed by atoms with Gasteiger partial charge in [0.2, 0.25) is 10.0 Å². The third-order valence-corrected chi connectivity index (χ3v) is 5.08. The van der Waals surface area contributed by atoms with Crippen LogP contribution in [0, 0.1) is 0 Å². The molecule has 0 radical (unpaired) electrons. The van der Waals surface area contributed by atoms with E-state index >= 15 is 0 Å². The van der Waals surface area contributed by atoms with Crippen LogP contribution in [0.1, 0.15) is 13.3 Å². The fourth-order valence-corrected chi connectivity index (χ4v) is 3.59. The van der Waals surface area contributed by atoms with E-state index in [9.17, 15) is 8.42 Å². The second-order valence-corrected chi connectivity index (χ2v) is 7.28. The molecule has 3 atom stereocenters. The Morgan fingerprint density at radius 3 is 2.71 bits per heavy atom. The molecule has 21 heavy (non-hydrogen) atoms. The zero-order valence-corrected chi connectivity index (χ0v) is 14.3. The maximum atomic E-state index is 11.3. The lowest BCUT2D eigenvalue weighted by Crippen LogP contribution is -2.56. The molecule has 0 heterocycles. The van der Waals surface area contributed by atoms with E-state index in [0.717, 1.165) is 12.1 Å². The summed E-state index contributed by atoms with van der Waals surface area (Å²) in [4.78, 5) is 0.0732. The quantitative estimate of drug-likeness (QED) is 0.785. The van der Waals surface area contributed by atoms with E-state index in [4.69, 9.17) is 14.6 Å². The normalized spacial score (nSPS) is 25.4. The Kier molecular flexibility index (Phi) is 5.26. The summed E-state index contributed by atoms with van der Waals surface area (Å²) in [7, 11) is -2.04. The molecule has 2 rings (SSSR count). The van der Waals surface area contributed by atoms with Gasteiger partial charge in [-0.25, -0.2) is 13.6 Å². The van der Waals surface area contributed by atoms with Gasteiger partial charge in [-0.1, -0.05) is 0 Å². The smallest absolute Gasteiger partial charge is 0.238 e. The minimum atomic E-state index is -3.70. The SMILES string of the molecule is CCOC1CC(Nc2ccc(S(N)(=O)=O)cc2Br)C1OC. The average molecular weight is 379 g/mol. The Labute approximate surface area is 133 Å². The standard InChI is InChI=1S/C13H19BrN2O4S/c1-3-20-12-7-11(13(12)19-2)16-10-5-4-8(6-9(10)14)21(15,17)18/h4-6,11-13,16H,3,7H2,1-2H3,(H2,15,17,18). The molecular formula is C13H19BrN2O4S. The van der Waals surface area contributed by atoms with Gasteiger partial charge in [0.1, 0.15) is 6.10 Å². The van der Waals surface area contributed by atoms with Gasteiger partial charge < -0.3 is 14.8 Å². The van der Waals surface area contributed by atoms with Gasteiger partial charge in [-0.2, -0.15) is 0 Å². The van der Waals surface area contributed by atoms with Crippen molar-refractivity contribution >= 4 is 31.6 Å². The monoisotopic (exact) mass is 378 g/mol. The third kappa shape index (κ3) is 3.75. The van der Waals surface area contributed by atoms with Gasteiger partial charge in [0, 0.05) is 23.9 Å². The number of rotatable bonds is 6. The number of primary sulfonamides is 1. The van der Waals surface area contributed by atoms with Crippen LogP contribution in [0.4, 0.5) is 5.69 Å². The zero-order chi connectivity index (χ0) is 15.6. The summed E-state index contributed by atoms with van der Waals surface area (Å²) in [5.74, 6) is 0. The number of nitrogens with two attached hydrogens (primary N) is 1. The first-order valence-corrected chi connectivity index (χ1v) is 8.94. The number of ether oxygens (including phenoxy) is 2. The van der Waals surface area contributed by atoms with Gasteiger partial charge in [-0.05, 0) is 47.5 Å². The van der Waals surface area contributed by atoms with E-state index in [1.54, 1.807) is 13.2 Å². The molecule has 3 N–H and O–H groups in total. The van der Waals surface area contributed by atoms with E-state index in [1.165, 1.54) is 12.1 Å². The molecule has 1 aliphatic carbocycles. The predicted molar refractivity (Wildman–Crippen MR) is 83.8 cm³/mol. The summed E-state index contributed by atoms with van der Waals surface area (Å²) in [6, 6.07) is 4.77. The van der Waals surface area contributed by atoms with Crippen molar-refractivity contribution in [1.82, 2.24) is 0 Å². The van der Waals surface area contributed by atoms with Crippen molar-refractivity contribution in [3.8, 4) is 0 Å². The average Bonchev–Trinajstić information content (AvgIpc) is 2.38. The zero-order valence-electron chi connectivity index (χ0n) is 11.9. The van der Waals surface area contributed by atoms with Crippen molar-refractivity contribution in [3.05, 3.63) is 22.7 Å². The molecule has 3 unspecified atom stereocenters. The highest BCUT2D eigenvalue weighted by Crippen LogP contribution is 2.33. The fraction of sp³-hybridized carbons (Fsp3) is 0.538. The van der Waals surface area contributed by atoms with Crippen LogP contribution in [-0.4, -0.2) is 40.4 Å². The number of halogens is 1. The Hall–Kier alpha value is -0.670. The summed E-state index contributed by atoms with van der Waals surface area (Å²) in [6.07, 6.45) is 0.921. The number of benzene rings is 1. The number of hydrogen-bond donors (Lipinski definition) is 2. The van der Waals surface area contributed by atoms with E-state index in [-0.39, 0.29) is 23.1 Å². The molecule has 0 saturated heterocycles. The van der Waals surface area contributed by atoms with Crippen molar-refractivity contribution in [3.63, 3.8) is 0 Å². The minimum Gasteiger partial charge on any atom is -0.379 e. The number of anilines is 1. The van der Waals surface area contributed by atoms with Crippen molar-refractivity contribution in [1.29, 1.82) is 0 Å². The minimum absolute atomic E-state index is 0.0187. The highest BCUT2D eigenvalue weighted by Gasteiger charge is 2.42. The molecule has 6 nitrogen and oxygen atoms in total. The topological polar surface area (TPSA) is 90.6 Å². The van der Waals surface area contributed by atoms with E-state index < -0.39 is 10.0 Å². The van der Waals surface area contributed by atoms with Crippen molar-refractivity contribution in [2.24, 2.45) is 5.14 Å². The predicted octanol–water partition coefficient (Wildman–Crippen LogP) is 1.70. The Bertz CT molecular complexity index is 608. The van der Waals surface area contributed by atoms with Gasteiger partial charge in [0.15, 0.2) is 0 Å². The van der Waals surface area contributed by atoms with Gasteiger partial charge in [0.05, 0.1) is 17.0 Å². The number of hydrogen-bond acceptors (Lipinski definition) is 5. The molecular weight excluding hydrogens is 360 g/mol. The molecule has 0 aromatic heterocycles. The summed E-state index contributed by atoms with van der Waals surface area (Å²) >= 11 is 3.35. The molecule has 0 aliphatic heterocycles. The van der Waals surface area contributed by atoms with Gasteiger partial charge >= 0.3 is 0 Å². The first-order chi connectivity index (χ1) is 9.86. The molecule has 1 saturated carbocycles. The molecule has 0 amide bonds. The van der Waals surface area contributed by atoms with Crippen LogP contribution in [0.15, 0.2) is 27.6 Å². The highest BCUT2D eigenvalue weighted by molar-refractivity contribution is 9.10. The lowest BCUT2D eigenvalue weighted by molar-refractivity contribution is -0.118. The van der Waals surface area contributed by atoms with Crippen LogP contribution in [-0.2, 0) is 19.5 Å². The van der Waals surface area contributed by atoms with Crippen LogP contribution in [0.3, 0.4) is 0 Å². The first kappa shape index (κ1) is 16.7. The van der Waals surface area contributed by atoms with Crippen LogP contribution in [0.25, 0.3) is 0 Å². The number of nitrogens with one attached hydrogen (secondary N) is 1. The summed E-state index contributed by atoms with van der Waals surface area (Å²) < 4.78 is 34.2. The molecule has 0 spiro atoms. The Balaban J connectivity index is 2.08. The second-order valence-electron chi connectivity index (χ2n) is 4.87. The molecule has 118 valence electrons. The molecule has 1 aliphatic rings. The van der Waals surface area contributed by atoms with Crippen LogP contribution < -0.4 is 10.5 Å². The molecule has 8 heteroatoms. The molecule has 1 fully saturated rings. The van der Waals surface area contributed by atoms with Crippen molar-refractivity contribution in [2.45, 2.75) is 36.5 Å². The van der Waals surface area contributed by atoms with Gasteiger partial charge in [0.25, 0.3) is 0 Å². The van der Waals surface area contributed by atoms with Crippen molar-refractivity contribution < 1.29 is 17.9 Å². The lowest BCUT2D eigenvalue weighted by Gasteiger charge is -2.43. The van der Waals surface area contributed by atoms with Gasteiger partial charge in [-0.3, -0.25) is 0 Å². The summed E-state index contributed by atoms with van der Waals surface area (Å²) in [5, 5.41) is 8.43. The first-order valence-electron chi connectivity index (χ1n) is 6.60. The number of sulfonamides is 1. The largest absolute Gasteiger partial charge is 0.379 e. The Morgan fingerprint density at radius 2 is 2.19 bits per heavy atom. The van der Waals surface area contributed by atoms with E-state index in [2.05, 4.69) is 21.2 Å². The van der Waals surface area contributed by atoms with E-state index in [1.807, 2.05) is 6.92 Å². The molecule has 1 aromatic rings. The van der Waals surface area contributed by atoms with Crippen LogP contribution in [0.2, 0.25) is 0 Å². The highest BCUT2D eigenvalue weighted by atomic mass is 79.9. The maximum Gasteiger partial charge on any atom is 0.238 e. The van der Waals surface area contributed by atoms with Gasteiger partial charge in [-0.15, -0.1) is 0 Å². The Morgan fingerprint density at radius 1 is 1.48 bits per heavy atom. The lowest BCUT2D eigenvalue weighted by atomic mass is 9.85.